The maximum absolute atomic E-state index is 11.6. The van der Waals surface area contributed by atoms with E-state index >= 15 is 0 Å². The lowest BCUT2D eigenvalue weighted by atomic mass is 10.1. The van der Waals surface area contributed by atoms with Crippen molar-refractivity contribution in [3.05, 3.63) is 0 Å². The number of carbonyl (C=O) groups excluding carboxylic acids is 1. The zero-order valence-electron chi connectivity index (χ0n) is 10.9. The number of nitrogens with one attached hydrogen (secondary N) is 1. The first-order valence-electron chi connectivity index (χ1n) is 6.40. The number of carbonyl (C=O) groups is 1. The highest BCUT2D eigenvalue weighted by Gasteiger charge is 2.18. The van der Waals surface area contributed by atoms with Crippen LogP contribution in [0.4, 0.5) is 0 Å². The molecule has 1 amide bonds. The minimum atomic E-state index is -0.519. The molecule has 0 aromatic rings. The van der Waals surface area contributed by atoms with E-state index in [4.69, 9.17) is 10.5 Å². The normalized spacial score (nSPS) is 20.2. The lowest BCUT2D eigenvalue weighted by Crippen LogP contribution is -2.43. The first-order valence-corrected chi connectivity index (χ1v) is 6.40. The van der Waals surface area contributed by atoms with Crippen LogP contribution < -0.4 is 11.1 Å². The van der Waals surface area contributed by atoms with Crippen molar-refractivity contribution in [3.8, 4) is 0 Å². The van der Waals surface area contributed by atoms with E-state index in [1.54, 1.807) is 0 Å². The van der Waals surface area contributed by atoms with Crippen molar-refractivity contribution in [2.24, 2.45) is 11.7 Å². The molecule has 5 heteroatoms. The van der Waals surface area contributed by atoms with E-state index in [0.29, 0.717) is 12.5 Å². The van der Waals surface area contributed by atoms with Crippen LogP contribution in [-0.2, 0) is 9.53 Å². The molecule has 1 rings (SSSR count). The van der Waals surface area contributed by atoms with E-state index in [9.17, 15) is 4.79 Å². The minimum Gasteiger partial charge on any atom is -0.370 e. The molecule has 0 radical (unpaired) electrons. The van der Waals surface area contributed by atoms with Crippen LogP contribution >= 0.6 is 0 Å². The molecule has 5 nitrogen and oxygen atoms in total. The van der Waals surface area contributed by atoms with Gasteiger partial charge >= 0.3 is 0 Å². The zero-order chi connectivity index (χ0) is 12.7. The standard InChI is InChI=1S/C12H25N3O2/c1-10(9-15-5-3-4-6-15)8-14-12(16)11(7-13)17-2/h10-11H,3-9,13H2,1-2H3,(H,14,16). The lowest BCUT2D eigenvalue weighted by molar-refractivity contribution is -0.130. The van der Waals surface area contributed by atoms with Crippen LogP contribution in [0.15, 0.2) is 0 Å². The first-order chi connectivity index (χ1) is 8.17. The zero-order valence-corrected chi connectivity index (χ0v) is 10.9. The van der Waals surface area contributed by atoms with Gasteiger partial charge in [-0.15, -0.1) is 0 Å². The Morgan fingerprint density at radius 1 is 1.47 bits per heavy atom. The topological polar surface area (TPSA) is 67.6 Å². The van der Waals surface area contributed by atoms with Gasteiger partial charge < -0.3 is 20.7 Å². The van der Waals surface area contributed by atoms with E-state index in [2.05, 4.69) is 17.1 Å². The number of likely N-dealkylation sites (tertiary alicyclic amines) is 1. The Morgan fingerprint density at radius 2 is 2.12 bits per heavy atom. The molecule has 0 spiro atoms. The largest absolute Gasteiger partial charge is 0.370 e. The van der Waals surface area contributed by atoms with Gasteiger partial charge in [-0.05, 0) is 31.8 Å². The number of nitrogens with two attached hydrogens (primary N) is 1. The lowest BCUT2D eigenvalue weighted by Gasteiger charge is -2.21. The molecule has 1 heterocycles. The monoisotopic (exact) mass is 243 g/mol. The molecule has 1 saturated heterocycles. The Labute approximate surface area is 104 Å². The number of hydrogen-bond donors (Lipinski definition) is 2. The molecule has 0 saturated carbocycles. The number of methoxy groups -OCH3 is 1. The van der Waals surface area contributed by atoms with Crippen molar-refractivity contribution in [3.63, 3.8) is 0 Å². The highest BCUT2D eigenvalue weighted by atomic mass is 16.5. The summed E-state index contributed by atoms with van der Waals surface area (Å²) in [5.41, 5.74) is 5.43. The molecule has 0 bridgehead atoms. The van der Waals surface area contributed by atoms with Crippen molar-refractivity contribution in [1.82, 2.24) is 10.2 Å². The fraction of sp³-hybridized carbons (Fsp3) is 0.917. The molecule has 0 aromatic carbocycles. The molecule has 1 fully saturated rings. The van der Waals surface area contributed by atoms with E-state index < -0.39 is 6.10 Å². The van der Waals surface area contributed by atoms with E-state index in [1.165, 1.54) is 33.0 Å². The summed E-state index contributed by atoms with van der Waals surface area (Å²) in [6.07, 6.45) is 2.09. The van der Waals surface area contributed by atoms with Gasteiger partial charge in [0.2, 0.25) is 5.91 Å². The molecule has 2 unspecified atom stereocenters. The summed E-state index contributed by atoms with van der Waals surface area (Å²) in [6.45, 7) is 6.52. The van der Waals surface area contributed by atoms with Gasteiger partial charge in [-0.2, -0.15) is 0 Å². The van der Waals surface area contributed by atoms with Gasteiger partial charge in [0.15, 0.2) is 0 Å². The second-order valence-electron chi connectivity index (χ2n) is 4.82. The average molecular weight is 243 g/mol. The molecular weight excluding hydrogens is 218 g/mol. The van der Waals surface area contributed by atoms with Crippen molar-refractivity contribution >= 4 is 5.91 Å². The van der Waals surface area contributed by atoms with Gasteiger partial charge in [-0.1, -0.05) is 6.92 Å². The maximum atomic E-state index is 11.6. The Morgan fingerprint density at radius 3 is 2.65 bits per heavy atom. The first kappa shape index (κ1) is 14.4. The summed E-state index contributed by atoms with van der Waals surface area (Å²) in [7, 11) is 1.50. The molecule has 1 aliphatic heterocycles. The maximum Gasteiger partial charge on any atom is 0.250 e. The summed E-state index contributed by atoms with van der Waals surface area (Å²) >= 11 is 0. The third-order valence-electron chi connectivity index (χ3n) is 3.18. The SMILES string of the molecule is COC(CN)C(=O)NCC(C)CN1CCCC1. The predicted molar refractivity (Wildman–Crippen MR) is 67.7 cm³/mol. The fourth-order valence-electron chi connectivity index (χ4n) is 2.17. The van der Waals surface area contributed by atoms with E-state index in [0.717, 1.165) is 6.54 Å². The third kappa shape index (κ3) is 5.02. The van der Waals surface area contributed by atoms with E-state index in [1.807, 2.05) is 0 Å². The number of amides is 1. The molecule has 17 heavy (non-hydrogen) atoms. The summed E-state index contributed by atoms with van der Waals surface area (Å²) < 4.78 is 4.98. The van der Waals surface area contributed by atoms with Crippen LogP contribution in [0.1, 0.15) is 19.8 Å². The second-order valence-corrected chi connectivity index (χ2v) is 4.82. The Bertz CT molecular complexity index is 226. The Balaban J connectivity index is 2.17. The number of ether oxygens (including phenoxy) is 1. The van der Waals surface area contributed by atoms with Crippen LogP contribution in [-0.4, -0.2) is 56.7 Å². The fourth-order valence-corrected chi connectivity index (χ4v) is 2.17. The highest BCUT2D eigenvalue weighted by Crippen LogP contribution is 2.09. The number of nitrogens with zero attached hydrogens (tertiary/aromatic N) is 1. The van der Waals surface area contributed by atoms with Gasteiger partial charge in [0.25, 0.3) is 0 Å². The smallest absolute Gasteiger partial charge is 0.250 e. The highest BCUT2D eigenvalue weighted by molar-refractivity contribution is 5.80. The van der Waals surface area contributed by atoms with Crippen molar-refractivity contribution in [1.29, 1.82) is 0 Å². The molecule has 3 N–H and O–H groups in total. The van der Waals surface area contributed by atoms with Gasteiger partial charge in [0, 0.05) is 26.7 Å². The van der Waals surface area contributed by atoms with Gasteiger partial charge in [0.1, 0.15) is 6.10 Å². The Hall–Kier alpha value is -0.650. The average Bonchev–Trinajstić information content (AvgIpc) is 2.81. The van der Waals surface area contributed by atoms with Crippen molar-refractivity contribution < 1.29 is 9.53 Å². The molecule has 2 atom stereocenters. The second kappa shape index (κ2) is 7.63. The molecule has 0 aromatic heterocycles. The van der Waals surface area contributed by atoms with Crippen LogP contribution in [0, 0.1) is 5.92 Å². The number of rotatable bonds is 7. The van der Waals surface area contributed by atoms with Crippen molar-refractivity contribution in [2.75, 3.05) is 39.8 Å². The quantitative estimate of drug-likeness (QED) is 0.650. The number of hydrogen-bond acceptors (Lipinski definition) is 4. The molecule has 100 valence electrons. The molecule has 1 aliphatic rings. The minimum absolute atomic E-state index is 0.108. The van der Waals surface area contributed by atoms with Crippen LogP contribution in [0.5, 0.6) is 0 Å². The molecular formula is C12H25N3O2. The summed E-state index contributed by atoms with van der Waals surface area (Å²) in [5, 5.41) is 2.89. The summed E-state index contributed by atoms with van der Waals surface area (Å²) in [4.78, 5) is 14.1. The summed E-state index contributed by atoms with van der Waals surface area (Å²) in [6, 6.07) is 0. The summed E-state index contributed by atoms with van der Waals surface area (Å²) in [5.74, 6) is 0.357. The van der Waals surface area contributed by atoms with Crippen LogP contribution in [0.2, 0.25) is 0 Å². The predicted octanol–water partition coefficient (Wildman–Crippen LogP) is -0.192. The van der Waals surface area contributed by atoms with Crippen LogP contribution in [0.25, 0.3) is 0 Å². The van der Waals surface area contributed by atoms with Gasteiger partial charge in [-0.3, -0.25) is 4.79 Å². The Kier molecular flexibility index (Phi) is 6.47. The van der Waals surface area contributed by atoms with E-state index in [-0.39, 0.29) is 12.5 Å². The van der Waals surface area contributed by atoms with Crippen LogP contribution in [0.3, 0.4) is 0 Å². The van der Waals surface area contributed by atoms with Gasteiger partial charge in [0.05, 0.1) is 0 Å². The van der Waals surface area contributed by atoms with Crippen molar-refractivity contribution in [2.45, 2.75) is 25.9 Å². The third-order valence-corrected chi connectivity index (χ3v) is 3.18. The van der Waals surface area contributed by atoms with Gasteiger partial charge in [-0.25, -0.2) is 0 Å². The molecule has 0 aliphatic carbocycles.